The van der Waals surface area contributed by atoms with E-state index in [9.17, 15) is 26.7 Å². The summed E-state index contributed by atoms with van der Waals surface area (Å²) in [6, 6.07) is 3.57. The smallest absolute Gasteiger partial charge is 0.475 e. The predicted molar refractivity (Wildman–Crippen MR) is 113 cm³/mol. The van der Waals surface area contributed by atoms with E-state index in [1.54, 1.807) is 15.6 Å². The molecule has 9 nitrogen and oxygen atoms in total. The van der Waals surface area contributed by atoms with Crippen LogP contribution < -0.4 is 4.90 Å². The average Bonchev–Trinajstić information content (AvgIpc) is 3.07. The van der Waals surface area contributed by atoms with E-state index in [2.05, 4.69) is 15.1 Å². The van der Waals surface area contributed by atoms with E-state index in [0.29, 0.717) is 25.9 Å². The summed E-state index contributed by atoms with van der Waals surface area (Å²) < 4.78 is 62.8. The molecule has 2 aliphatic heterocycles. The van der Waals surface area contributed by atoms with Crippen LogP contribution in [-0.2, 0) is 23.2 Å². The molecule has 192 valence electrons. The first-order valence-electron chi connectivity index (χ1n) is 10.7. The number of hydrogen-bond donors (Lipinski definition) is 1. The molecule has 1 amide bonds. The molecule has 14 heteroatoms. The van der Waals surface area contributed by atoms with E-state index in [0.717, 1.165) is 11.4 Å². The van der Waals surface area contributed by atoms with Gasteiger partial charge in [-0.05, 0) is 31.9 Å². The van der Waals surface area contributed by atoms with Crippen LogP contribution in [0.25, 0.3) is 0 Å². The van der Waals surface area contributed by atoms with Gasteiger partial charge in [0.05, 0.1) is 29.9 Å². The minimum Gasteiger partial charge on any atom is -0.475 e. The van der Waals surface area contributed by atoms with Crippen molar-refractivity contribution in [2.45, 2.75) is 44.8 Å². The number of likely N-dealkylation sites (tertiary alicyclic amines) is 1. The Labute approximate surface area is 197 Å². The molecule has 1 N–H and O–H groups in total. The number of halogens is 5. The molecule has 1 spiro atoms. The number of carbonyl (C=O) groups is 2. The van der Waals surface area contributed by atoms with Crippen LogP contribution in [0, 0.1) is 12.3 Å². The third-order valence-electron chi connectivity index (χ3n) is 5.87. The summed E-state index contributed by atoms with van der Waals surface area (Å²) in [4.78, 5) is 33.7. The fourth-order valence-electron chi connectivity index (χ4n) is 4.52. The Morgan fingerprint density at radius 3 is 2.37 bits per heavy atom. The lowest BCUT2D eigenvalue weighted by molar-refractivity contribution is -0.192. The van der Waals surface area contributed by atoms with Crippen LogP contribution in [-0.4, -0.2) is 73.4 Å². The number of carbonyl (C=O) groups excluding carboxylic acids is 1. The van der Waals surface area contributed by atoms with Crippen molar-refractivity contribution in [2.75, 3.05) is 24.5 Å². The van der Waals surface area contributed by atoms with Crippen molar-refractivity contribution >= 4 is 17.8 Å². The number of carboxylic acid groups (broad SMARTS) is 1. The molecule has 2 aromatic rings. The molecule has 0 bridgehead atoms. The molecular weight excluding hydrogens is 479 g/mol. The van der Waals surface area contributed by atoms with Crippen LogP contribution in [0.5, 0.6) is 0 Å². The highest BCUT2D eigenvalue weighted by atomic mass is 19.4. The summed E-state index contributed by atoms with van der Waals surface area (Å²) in [7, 11) is 1.83. The van der Waals surface area contributed by atoms with E-state index in [-0.39, 0.29) is 18.4 Å². The fourth-order valence-corrected chi connectivity index (χ4v) is 4.52. The normalized spacial score (nSPS) is 22.1. The predicted octanol–water partition coefficient (Wildman–Crippen LogP) is 2.81. The molecular formula is C21H25F5N6O3. The van der Waals surface area contributed by atoms with Crippen molar-refractivity contribution in [2.24, 2.45) is 12.5 Å². The second-order valence-electron chi connectivity index (χ2n) is 8.75. The first-order chi connectivity index (χ1) is 16.2. The van der Waals surface area contributed by atoms with Gasteiger partial charge in [-0.3, -0.25) is 9.48 Å². The van der Waals surface area contributed by atoms with Gasteiger partial charge < -0.3 is 14.9 Å². The Morgan fingerprint density at radius 2 is 1.83 bits per heavy atom. The summed E-state index contributed by atoms with van der Waals surface area (Å²) in [5.41, 5.74) is 0.648. The third-order valence-corrected chi connectivity index (χ3v) is 5.87. The topological polar surface area (TPSA) is 104 Å². The van der Waals surface area contributed by atoms with Crippen molar-refractivity contribution in [3.8, 4) is 0 Å². The summed E-state index contributed by atoms with van der Waals surface area (Å²) >= 11 is 0. The average molecular weight is 504 g/mol. The zero-order chi connectivity index (χ0) is 26.0. The van der Waals surface area contributed by atoms with E-state index in [1.807, 2.05) is 20.0 Å². The SMILES string of the molecule is Cc1cc(CN2CCCC3(CN(c4ncccn4)CC(F)(F)C3)C2=O)n(C)n1.O=C(O)C(F)(F)F. The highest BCUT2D eigenvalue weighted by Gasteiger charge is 2.55. The molecule has 2 fully saturated rings. The minimum absolute atomic E-state index is 0.210. The van der Waals surface area contributed by atoms with E-state index in [1.165, 1.54) is 17.3 Å². The van der Waals surface area contributed by atoms with Crippen molar-refractivity contribution in [1.82, 2.24) is 24.6 Å². The fraction of sp³-hybridized carbons (Fsp3) is 0.571. The zero-order valence-electron chi connectivity index (χ0n) is 19.1. The molecule has 0 aromatic carbocycles. The van der Waals surface area contributed by atoms with Crippen molar-refractivity contribution < 1.29 is 36.6 Å². The number of aromatic nitrogens is 4. The van der Waals surface area contributed by atoms with Crippen molar-refractivity contribution in [1.29, 1.82) is 0 Å². The molecule has 0 saturated carbocycles. The minimum atomic E-state index is -5.08. The molecule has 2 aromatic heterocycles. The van der Waals surface area contributed by atoms with Crippen LogP contribution in [0.15, 0.2) is 24.5 Å². The van der Waals surface area contributed by atoms with E-state index < -0.39 is 36.4 Å². The number of rotatable bonds is 3. The van der Waals surface area contributed by atoms with Gasteiger partial charge >= 0.3 is 12.1 Å². The molecule has 2 saturated heterocycles. The lowest BCUT2D eigenvalue weighted by Gasteiger charge is -2.49. The lowest BCUT2D eigenvalue weighted by Crippen LogP contribution is -2.61. The largest absolute Gasteiger partial charge is 0.490 e. The Balaban J connectivity index is 0.000000429. The van der Waals surface area contributed by atoms with Gasteiger partial charge in [-0.2, -0.15) is 18.3 Å². The Hall–Kier alpha value is -3.32. The number of amides is 1. The Kier molecular flexibility index (Phi) is 7.31. The second kappa shape index (κ2) is 9.74. The first-order valence-corrected chi connectivity index (χ1v) is 10.7. The number of aliphatic carboxylic acids is 1. The summed E-state index contributed by atoms with van der Waals surface area (Å²) in [6.07, 6.45) is -1.31. The standard InChI is InChI=1S/C19H24F2N6O.C2HF3O2/c1-14-9-15(25(2)24-14)10-26-8-3-5-18(16(26)28)11-19(20,21)13-27(12-18)17-22-6-4-7-23-17;3-2(4,5)1(6)7/h4,6-7,9H,3,5,8,10-13H2,1-2H3;(H,6,7). The van der Waals surface area contributed by atoms with Gasteiger partial charge in [0, 0.05) is 39.0 Å². The van der Waals surface area contributed by atoms with E-state index in [4.69, 9.17) is 9.90 Å². The summed E-state index contributed by atoms with van der Waals surface area (Å²) in [6.45, 7) is 2.59. The van der Waals surface area contributed by atoms with Gasteiger partial charge in [0.15, 0.2) is 0 Å². The van der Waals surface area contributed by atoms with Gasteiger partial charge in [0.25, 0.3) is 5.92 Å². The maximum atomic E-state index is 14.7. The summed E-state index contributed by atoms with van der Waals surface area (Å²) in [5, 5.41) is 11.4. The van der Waals surface area contributed by atoms with Crippen LogP contribution in [0.1, 0.15) is 30.7 Å². The van der Waals surface area contributed by atoms with Gasteiger partial charge in [0.2, 0.25) is 11.9 Å². The van der Waals surface area contributed by atoms with Crippen molar-refractivity contribution in [3.05, 3.63) is 35.9 Å². The molecule has 0 aliphatic carbocycles. The molecule has 1 unspecified atom stereocenters. The Morgan fingerprint density at radius 1 is 1.20 bits per heavy atom. The molecule has 4 heterocycles. The molecule has 2 aliphatic rings. The van der Waals surface area contributed by atoms with Gasteiger partial charge in [-0.1, -0.05) is 0 Å². The number of alkyl halides is 5. The van der Waals surface area contributed by atoms with Crippen LogP contribution in [0.3, 0.4) is 0 Å². The quantitative estimate of drug-likeness (QED) is 0.641. The molecule has 35 heavy (non-hydrogen) atoms. The number of piperidine rings is 2. The summed E-state index contributed by atoms with van der Waals surface area (Å²) in [5.74, 6) is -5.70. The molecule has 0 radical (unpaired) electrons. The zero-order valence-corrected chi connectivity index (χ0v) is 19.1. The third kappa shape index (κ3) is 6.22. The number of carboxylic acids is 1. The van der Waals surface area contributed by atoms with Crippen molar-refractivity contribution in [3.63, 3.8) is 0 Å². The van der Waals surface area contributed by atoms with Gasteiger partial charge in [-0.15, -0.1) is 0 Å². The maximum Gasteiger partial charge on any atom is 0.490 e. The lowest BCUT2D eigenvalue weighted by atomic mass is 9.71. The molecule has 4 rings (SSSR count). The maximum absolute atomic E-state index is 14.7. The van der Waals surface area contributed by atoms with Crippen LogP contribution in [0.2, 0.25) is 0 Å². The number of hydrogen-bond acceptors (Lipinski definition) is 6. The molecule has 1 atom stereocenters. The number of anilines is 1. The number of aryl methyl sites for hydroxylation is 2. The van der Waals surface area contributed by atoms with Gasteiger partial charge in [-0.25, -0.2) is 23.5 Å². The van der Waals surface area contributed by atoms with Gasteiger partial charge in [0.1, 0.15) is 0 Å². The van der Waals surface area contributed by atoms with Crippen LogP contribution in [0.4, 0.5) is 27.9 Å². The van der Waals surface area contributed by atoms with Crippen LogP contribution >= 0.6 is 0 Å². The highest BCUT2D eigenvalue weighted by molar-refractivity contribution is 5.84. The number of nitrogens with zero attached hydrogens (tertiary/aromatic N) is 6. The second-order valence-corrected chi connectivity index (χ2v) is 8.75. The highest BCUT2D eigenvalue weighted by Crippen LogP contribution is 2.46. The van der Waals surface area contributed by atoms with E-state index >= 15 is 0 Å². The Bertz CT molecular complexity index is 1060. The first kappa shape index (κ1) is 26.3. The monoisotopic (exact) mass is 504 g/mol.